The fourth-order valence-electron chi connectivity index (χ4n) is 1.11. The molecule has 15 heavy (non-hydrogen) atoms. The number of rotatable bonds is 5. The summed E-state index contributed by atoms with van der Waals surface area (Å²) < 4.78 is 0. The van der Waals surface area contributed by atoms with Crippen molar-refractivity contribution in [2.45, 2.75) is 25.1 Å². The van der Waals surface area contributed by atoms with Crippen LogP contribution in [0.3, 0.4) is 0 Å². The molecule has 84 valence electrons. The van der Waals surface area contributed by atoms with Crippen molar-refractivity contribution in [3.05, 3.63) is 33.8 Å². The van der Waals surface area contributed by atoms with Crippen LogP contribution < -0.4 is 5.73 Å². The van der Waals surface area contributed by atoms with Crippen LogP contribution in [0.1, 0.15) is 18.9 Å². The van der Waals surface area contributed by atoms with Gasteiger partial charge in [0.15, 0.2) is 0 Å². The first-order valence-corrected chi connectivity index (χ1v) is 6.78. The number of benzene rings is 1. The van der Waals surface area contributed by atoms with Crippen molar-refractivity contribution in [3.63, 3.8) is 0 Å². The van der Waals surface area contributed by atoms with Gasteiger partial charge in [0.2, 0.25) is 0 Å². The highest BCUT2D eigenvalue weighted by atomic mass is 35.5. The molecule has 1 aromatic rings. The molecule has 0 aromatic heterocycles. The lowest BCUT2D eigenvalue weighted by Gasteiger charge is -2.07. The number of nitrogens with two attached hydrogens (primary N) is 1. The molecule has 1 rings (SSSR count). The fraction of sp³-hybridized carbons (Fsp3) is 0.455. The van der Waals surface area contributed by atoms with E-state index in [0.717, 1.165) is 33.5 Å². The summed E-state index contributed by atoms with van der Waals surface area (Å²) in [7, 11) is 0. The van der Waals surface area contributed by atoms with Gasteiger partial charge >= 0.3 is 0 Å². The Hall–Kier alpha value is 0.110. The second-order valence-corrected chi connectivity index (χ2v) is 5.44. The van der Waals surface area contributed by atoms with Gasteiger partial charge < -0.3 is 5.73 Å². The third kappa shape index (κ3) is 4.64. The standard InChI is InChI=1S/C11H15Cl2NS/c1-8(14)5-6-15-7-9-10(12)3-2-4-11(9)13/h2-4,8H,5-7,14H2,1H3. The van der Waals surface area contributed by atoms with Crippen molar-refractivity contribution >= 4 is 35.0 Å². The minimum absolute atomic E-state index is 0.263. The van der Waals surface area contributed by atoms with Gasteiger partial charge in [-0.2, -0.15) is 11.8 Å². The summed E-state index contributed by atoms with van der Waals surface area (Å²) in [4.78, 5) is 0. The topological polar surface area (TPSA) is 26.0 Å². The molecular formula is C11H15Cl2NS. The zero-order valence-corrected chi connectivity index (χ0v) is 11.0. The Morgan fingerprint density at radius 2 is 1.93 bits per heavy atom. The Morgan fingerprint density at radius 1 is 1.33 bits per heavy atom. The maximum Gasteiger partial charge on any atom is 0.0461 e. The van der Waals surface area contributed by atoms with Crippen LogP contribution in [0, 0.1) is 0 Å². The Morgan fingerprint density at radius 3 is 2.47 bits per heavy atom. The van der Waals surface area contributed by atoms with Crippen LogP contribution in [0.25, 0.3) is 0 Å². The van der Waals surface area contributed by atoms with E-state index in [9.17, 15) is 0 Å². The molecule has 0 saturated carbocycles. The molecule has 4 heteroatoms. The third-order valence-electron chi connectivity index (χ3n) is 2.03. The Balaban J connectivity index is 2.43. The van der Waals surface area contributed by atoms with Crippen molar-refractivity contribution in [1.82, 2.24) is 0 Å². The van der Waals surface area contributed by atoms with Gasteiger partial charge in [-0.25, -0.2) is 0 Å². The summed E-state index contributed by atoms with van der Waals surface area (Å²) in [5.41, 5.74) is 6.69. The first kappa shape index (κ1) is 13.2. The predicted octanol–water partition coefficient (Wildman–Crippen LogP) is 3.96. The molecular weight excluding hydrogens is 249 g/mol. The summed E-state index contributed by atoms with van der Waals surface area (Å²) in [6.45, 7) is 2.02. The molecule has 1 unspecified atom stereocenters. The summed E-state index contributed by atoms with van der Waals surface area (Å²) in [5, 5.41) is 1.49. The molecule has 1 aromatic carbocycles. The quantitative estimate of drug-likeness (QED) is 0.814. The molecule has 0 spiro atoms. The van der Waals surface area contributed by atoms with Gasteiger partial charge in [0.05, 0.1) is 0 Å². The Bertz CT molecular complexity index is 295. The molecule has 0 aliphatic carbocycles. The van der Waals surface area contributed by atoms with Gasteiger partial charge in [-0.15, -0.1) is 0 Å². The van der Waals surface area contributed by atoms with E-state index in [1.165, 1.54) is 0 Å². The molecule has 0 radical (unpaired) electrons. The average Bonchev–Trinajstić information content (AvgIpc) is 2.15. The van der Waals surface area contributed by atoms with Crippen LogP contribution in [0.15, 0.2) is 18.2 Å². The first-order chi connectivity index (χ1) is 7.11. The van der Waals surface area contributed by atoms with Crippen LogP contribution in [0.4, 0.5) is 0 Å². The van der Waals surface area contributed by atoms with E-state index in [1.807, 2.05) is 36.9 Å². The number of hydrogen-bond donors (Lipinski definition) is 1. The van der Waals surface area contributed by atoms with Crippen molar-refractivity contribution in [1.29, 1.82) is 0 Å². The van der Waals surface area contributed by atoms with Crippen LogP contribution in [-0.4, -0.2) is 11.8 Å². The summed E-state index contributed by atoms with van der Waals surface area (Å²) >= 11 is 13.9. The summed E-state index contributed by atoms with van der Waals surface area (Å²) in [6.07, 6.45) is 1.02. The van der Waals surface area contributed by atoms with E-state index >= 15 is 0 Å². The van der Waals surface area contributed by atoms with Crippen LogP contribution in [-0.2, 0) is 5.75 Å². The van der Waals surface area contributed by atoms with Crippen LogP contribution in [0.5, 0.6) is 0 Å². The van der Waals surface area contributed by atoms with Crippen LogP contribution >= 0.6 is 35.0 Å². The Labute approximate surface area is 105 Å². The van der Waals surface area contributed by atoms with Crippen molar-refractivity contribution in [3.8, 4) is 0 Å². The molecule has 0 aliphatic rings. The minimum Gasteiger partial charge on any atom is -0.328 e. The van der Waals surface area contributed by atoms with Crippen LogP contribution in [0.2, 0.25) is 10.0 Å². The monoisotopic (exact) mass is 263 g/mol. The van der Waals surface area contributed by atoms with Gasteiger partial charge in [-0.3, -0.25) is 0 Å². The highest BCUT2D eigenvalue weighted by Gasteiger charge is 2.05. The normalized spacial score (nSPS) is 12.8. The minimum atomic E-state index is 0.263. The van der Waals surface area contributed by atoms with Gasteiger partial charge in [0.25, 0.3) is 0 Å². The molecule has 0 amide bonds. The molecule has 1 nitrogen and oxygen atoms in total. The third-order valence-corrected chi connectivity index (χ3v) is 3.75. The zero-order chi connectivity index (χ0) is 11.3. The van der Waals surface area contributed by atoms with Gasteiger partial charge in [-0.05, 0) is 36.8 Å². The second-order valence-electron chi connectivity index (χ2n) is 3.52. The Kier molecular flexibility index (Phi) is 5.83. The molecule has 2 N–H and O–H groups in total. The van der Waals surface area contributed by atoms with E-state index in [4.69, 9.17) is 28.9 Å². The van der Waals surface area contributed by atoms with Gasteiger partial charge in [0, 0.05) is 21.8 Å². The molecule has 0 saturated heterocycles. The highest BCUT2D eigenvalue weighted by Crippen LogP contribution is 2.28. The largest absolute Gasteiger partial charge is 0.328 e. The number of thioether (sulfide) groups is 1. The summed E-state index contributed by atoms with van der Waals surface area (Å²) in [5.74, 6) is 1.89. The number of halogens is 2. The lowest BCUT2D eigenvalue weighted by atomic mass is 10.2. The van der Waals surface area contributed by atoms with Gasteiger partial charge in [0.1, 0.15) is 0 Å². The van der Waals surface area contributed by atoms with E-state index in [-0.39, 0.29) is 6.04 Å². The molecule has 0 bridgehead atoms. The molecule has 0 aliphatic heterocycles. The van der Waals surface area contributed by atoms with Crippen molar-refractivity contribution < 1.29 is 0 Å². The first-order valence-electron chi connectivity index (χ1n) is 4.87. The SMILES string of the molecule is CC(N)CCSCc1c(Cl)cccc1Cl. The second kappa shape index (κ2) is 6.64. The van der Waals surface area contributed by atoms with Crippen molar-refractivity contribution in [2.75, 3.05) is 5.75 Å². The lowest BCUT2D eigenvalue weighted by molar-refractivity contribution is 0.721. The lowest BCUT2D eigenvalue weighted by Crippen LogP contribution is -2.15. The van der Waals surface area contributed by atoms with E-state index in [0.29, 0.717) is 0 Å². The fourth-order valence-corrected chi connectivity index (χ4v) is 3.00. The smallest absolute Gasteiger partial charge is 0.0461 e. The predicted molar refractivity (Wildman–Crippen MR) is 70.9 cm³/mol. The average molecular weight is 264 g/mol. The summed E-state index contributed by atoms with van der Waals surface area (Å²) in [6, 6.07) is 5.86. The van der Waals surface area contributed by atoms with Crippen molar-refractivity contribution in [2.24, 2.45) is 5.73 Å². The van der Waals surface area contributed by atoms with E-state index < -0.39 is 0 Å². The number of hydrogen-bond acceptors (Lipinski definition) is 2. The van der Waals surface area contributed by atoms with E-state index in [2.05, 4.69) is 0 Å². The zero-order valence-electron chi connectivity index (χ0n) is 8.67. The molecule has 0 fully saturated rings. The molecule has 1 atom stereocenters. The maximum absolute atomic E-state index is 6.05. The highest BCUT2D eigenvalue weighted by molar-refractivity contribution is 7.98. The van der Waals surface area contributed by atoms with E-state index in [1.54, 1.807) is 0 Å². The molecule has 0 heterocycles. The maximum atomic E-state index is 6.05. The van der Waals surface area contributed by atoms with Gasteiger partial charge in [-0.1, -0.05) is 29.3 Å².